The second kappa shape index (κ2) is 9.85. The molecule has 0 atom stereocenters. The topological polar surface area (TPSA) is 23.1 Å². The molecule has 0 aliphatic heterocycles. The normalized spacial score (nSPS) is 19.6. The van der Waals surface area contributed by atoms with Crippen molar-refractivity contribution < 1.29 is 9.81 Å². The predicted octanol–water partition coefficient (Wildman–Crippen LogP) is -0.357. The van der Waals surface area contributed by atoms with E-state index in [9.17, 15) is 5.11 Å². The molecule has 86 valence electrons. The van der Waals surface area contributed by atoms with Gasteiger partial charge in [-0.3, -0.25) is 0 Å². The smallest absolute Gasteiger partial charge is 1.00 e. The van der Waals surface area contributed by atoms with Crippen LogP contribution in [0.4, 0.5) is 0 Å². The van der Waals surface area contributed by atoms with Gasteiger partial charge >= 0.3 is 23.1 Å². The number of halogens is 1. The number of hydrogen-bond acceptors (Lipinski definition) is 1. The first-order valence-electron chi connectivity index (χ1n) is 5.97. The summed E-state index contributed by atoms with van der Waals surface area (Å²) < 4.78 is 0. The second-order valence-corrected chi connectivity index (χ2v) is 4.55. The SMILES string of the molecule is CCCCCC1([O-])CCCCCC1.[F-].[Mg+2]. The molecule has 0 heterocycles. The van der Waals surface area contributed by atoms with Crippen molar-refractivity contribution in [1.29, 1.82) is 0 Å². The molecule has 0 aromatic heterocycles. The van der Waals surface area contributed by atoms with Crippen molar-refractivity contribution in [3.05, 3.63) is 0 Å². The van der Waals surface area contributed by atoms with Crippen molar-refractivity contribution in [3.63, 3.8) is 0 Å². The Labute approximate surface area is 110 Å². The molecule has 3 heteroatoms. The van der Waals surface area contributed by atoms with Crippen LogP contribution in [0.5, 0.6) is 0 Å². The maximum atomic E-state index is 12.2. The van der Waals surface area contributed by atoms with Crippen molar-refractivity contribution in [2.45, 2.75) is 76.7 Å². The molecular formula is C12H23FMgO. The van der Waals surface area contributed by atoms with Crippen molar-refractivity contribution in [3.8, 4) is 0 Å². The van der Waals surface area contributed by atoms with Gasteiger partial charge in [-0.15, -0.1) is 5.60 Å². The molecule has 1 aliphatic carbocycles. The molecule has 0 spiro atoms. The van der Waals surface area contributed by atoms with E-state index in [-0.39, 0.29) is 27.8 Å². The molecule has 0 aromatic carbocycles. The molecule has 0 radical (unpaired) electrons. The van der Waals surface area contributed by atoms with Crippen LogP contribution in [0, 0.1) is 0 Å². The van der Waals surface area contributed by atoms with Crippen LogP contribution in [0.3, 0.4) is 0 Å². The van der Waals surface area contributed by atoms with Crippen LogP contribution in [-0.2, 0) is 0 Å². The summed E-state index contributed by atoms with van der Waals surface area (Å²) >= 11 is 0. The molecule has 1 rings (SSSR count). The molecule has 1 aliphatic rings. The molecule has 1 nitrogen and oxygen atoms in total. The second-order valence-electron chi connectivity index (χ2n) is 4.55. The Hall–Kier alpha value is 0.656. The van der Waals surface area contributed by atoms with Crippen LogP contribution in [0.15, 0.2) is 0 Å². The average molecular weight is 227 g/mol. The van der Waals surface area contributed by atoms with Gasteiger partial charge < -0.3 is 9.81 Å². The van der Waals surface area contributed by atoms with Gasteiger partial charge in [-0.05, 0) is 0 Å². The zero-order valence-corrected chi connectivity index (χ0v) is 11.5. The van der Waals surface area contributed by atoms with E-state index in [4.69, 9.17) is 0 Å². The first-order chi connectivity index (χ1) is 6.27. The van der Waals surface area contributed by atoms with Gasteiger partial charge in [0.05, 0.1) is 0 Å². The molecular weight excluding hydrogens is 203 g/mol. The maximum Gasteiger partial charge on any atom is 2.00 e. The molecule has 0 bridgehead atoms. The first-order valence-corrected chi connectivity index (χ1v) is 5.97. The Morgan fingerprint density at radius 3 is 2.00 bits per heavy atom. The summed E-state index contributed by atoms with van der Waals surface area (Å²) in [7, 11) is 0. The van der Waals surface area contributed by atoms with Crippen LogP contribution >= 0.6 is 0 Å². The van der Waals surface area contributed by atoms with Gasteiger partial charge in [-0.25, -0.2) is 0 Å². The van der Waals surface area contributed by atoms with Crippen LogP contribution in [0.2, 0.25) is 0 Å². The van der Waals surface area contributed by atoms with Crippen LogP contribution < -0.4 is 9.81 Å². The van der Waals surface area contributed by atoms with E-state index in [0.717, 1.165) is 25.7 Å². The molecule has 0 amide bonds. The van der Waals surface area contributed by atoms with Gasteiger partial charge in [0.25, 0.3) is 0 Å². The quantitative estimate of drug-likeness (QED) is 0.365. The fourth-order valence-electron chi connectivity index (χ4n) is 2.32. The molecule has 0 unspecified atom stereocenters. The minimum Gasteiger partial charge on any atom is -1.00 e. The van der Waals surface area contributed by atoms with Gasteiger partial charge in [0.15, 0.2) is 0 Å². The number of hydrogen-bond donors (Lipinski definition) is 0. The predicted molar refractivity (Wildman–Crippen MR) is 60.3 cm³/mol. The van der Waals surface area contributed by atoms with Crippen molar-refractivity contribution in [1.82, 2.24) is 0 Å². The first kappa shape index (κ1) is 18.0. The van der Waals surface area contributed by atoms with E-state index >= 15 is 0 Å². The van der Waals surface area contributed by atoms with E-state index in [2.05, 4.69) is 6.92 Å². The molecule has 1 fully saturated rings. The van der Waals surface area contributed by atoms with E-state index in [0.29, 0.717) is 0 Å². The Balaban J connectivity index is 0. The number of rotatable bonds is 4. The zero-order valence-electron chi connectivity index (χ0n) is 10.1. The Kier molecular flexibility index (Phi) is 11.8. The monoisotopic (exact) mass is 226 g/mol. The van der Waals surface area contributed by atoms with Crippen molar-refractivity contribution in [2.24, 2.45) is 0 Å². The van der Waals surface area contributed by atoms with Crippen molar-refractivity contribution >= 4 is 23.1 Å². The van der Waals surface area contributed by atoms with Gasteiger partial charge in [0.1, 0.15) is 0 Å². The number of unbranched alkanes of at least 4 members (excludes halogenated alkanes) is 2. The Bertz CT molecular complexity index is 134. The van der Waals surface area contributed by atoms with E-state index in [1.54, 1.807) is 0 Å². The Morgan fingerprint density at radius 2 is 1.53 bits per heavy atom. The summed E-state index contributed by atoms with van der Waals surface area (Å²) in [6.07, 6.45) is 11.4. The van der Waals surface area contributed by atoms with Gasteiger partial charge in [-0.1, -0.05) is 71.1 Å². The minimum atomic E-state index is -0.536. The summed E-state index contributed by atoms with van der Waals surface area (Å²) in [5.41, 5.74) is -0.536. The minimum absolute atomic E-state index is 0. The van der Waals surface area contributed by atoms with Crippen LogP contribution in [0.25, 0.3) is 0 Å². The Morgan fingerprint density at radius 1 is 1.00 bits per heavy atom. The maximum absolute atomic E-state index is 12.2. The third-order valence-corrected chi connectivity index (χ3v) is 3.25. The van der Waals surface area contributed by atoms with Gasteiger partial charge in [0.2, 0.25) is 0 Å². The fourth-order valence-corrected chi connectivity index (χ4v) is 2.32. The molecule has 0 aromatic rings. The van der Waals surface area contributed by atoms with Crippen LogP contribution in [-0.4, -0.2) is 28.7 Å². The summed E-state index contributed by atoms with van der Waals surface area (Å²) in [4.78, 5) is 0. The fraction of sp³-hybridized carbons (Fsp3) is 1.00. The molecule has 15 heavy (non-hydrogen) atoms. The van der Waals surface area contributed by atoms with Crippen LogP contribution in [0.1, 0.15) is 71.1 Å². The third kappa shape index (κ3) is 7.53. The summed E-state index contributed by atoms with van der Waals surface area (Å²) in [5.74, 6) is 0. The summed E-state index contributed by atoms with van der Waals surface area (Å²) in [6.45, 7) is 2.20. The van der Waals surface area contributed by atoms with Gasteiger partial charge in [0, 0.05) is 0 Å². The third-order valence-electron chi connectivity index (χ3n) is 3.25. The van der Waals surface area contributed by atoms with E-state index in [1.165, 1.54) is 38.5 Å². The summed E-state index contributed by atoms with van der Waals surface area (Å²) in [5, 5.41) is 12.2. The van der Waals surface area contributed by atoms with Gasteiger partial charge in [-0.2, -0.15) is 0 Å². The zero-order chi connectivity index (χ0) is 9.57. The average Bonchev–Trinajstić information content (AvgIpc) is 2.31. The van der Waals surface area contributed by atoms with E-state index < -0.39 is 5.60 Å². The summed E-state index contributed by atoms with van der Waals surface area (Å²) in [6, 6.07) is 0. The van der Waals surface area contributed by atoms with E-state index in [1.807, 2.05) is 0 Å². The molecule has 0 saturated heterocycles. The van der Waals surface area contributed by atoms with Crippen molar-refractivity contribution in [2.75, 3.05) is 0 Å². The molecule has 1 saturated carbocycles. The molecule has 0 N–H and O–H groups in total. The standard InChI is InChI=1S/C12H23O.FH.Mg/c1-2-3-6-9-12(13)10-7-4-5-8-11-12;;/h2-11H2,1H3;1H;/q-1;;+2/p-1. The largest absolute Gasteiger partial charge is 2.00 e.